The van der Waals surface area contributed by atoms with Crippen molar-refractivity contribution in [1.29, 1.82) is 0 Å². The molecule has 0 radical (unpaired) electrons. The number of benzene rings is 2. The molecule has 7 heteroatoms. The normalized spacial score (nSPS) is 17.8. The van der Waals surface area contributed by atoms with Crippen LogP contribution in [0.25, 0.3) is 11.1 Å². The maximum Gasteiger partial charge on any atom is 0.146 e. The van der Waals surface area contributed by atoms with Crippen LogP contribution in [0.1, 0.15) is 29.7 Å². The summed E-state index contributed by atoms with van der Waals surface area (Å²) in [5.41, 5.74) is 8.81. The first-order valence-corrected chi connectivity index (χ1v) is 11.7. The number of nitrogen functional groups attached to an aromatic ring is 1. The van der Waals surface area contributed by atoms with E-state index in [0.717, 1.165) is 55.7 Å². The number of hydrogen-bond acceptors (Lipinski definition) is 6. The minimum atomic E-state index is 0.604. The van der Waals surface area contributed by atoms with Gasteiger partial charge in [0.05, 0.1) is 5.69 Å². The van der Waals surface area contributed by atoms with Crippen LogP contribution in [0.15, 0.2) is 54.9 Å². The molecule has 6 nitrogen and oxygen atoms in total. The third-order valence-electron chi connectivity index (χ3n) is 6.79. The molecule has 166 valence electrons. The summed E-state index contributed by atoms with van der Waals surface area (Å²) in [5.74, 6) is 6.39. The van der Waals surface area contributed by atoms with Crippen molar-refractivity contribution in [2.45, 2.75) is 38.4 Å². The molecular formula is C25H29ClN6. The van der Waals surface area contributed by atoms with Crippen molar-refractivity contribution in [3.63, 3.8) is 0 Å². The van der Waals surface area contributed by atoms with Crippen LogP contribution in [-0.2, 0) is 19.5 Å². The SMILES string of the molecule is NNc1ncnc2c1CCN(C1CCN(Cc3ccccc3-c3cccc(Cl)c3)CC1)C2. The second-order valence-electron chi connectivity index (χ2n) is 8.69. The Labute approximate surface area is 194 Å². The number of likely N-dealkylation sites (tertiary alicyclic amines) is 1. The highest BCUT2D eigenvalue weighted by Crippen LogP contribution is 2.30. The molecule has 0 aliphatic carbocycles. The van der Waals surface area contributed by atoms with E-state index in [0.29, 0.717) is 6.04 Å². The second-order valence-corrected chi connectivity index (χ2v) is 9.12. The highest BCUT2D eigenvalue weighted by atomic mass is 35.5. The molecule has 3 aromatic rings. The van der Waals surface area contributed by atoms with Crippen LogP contribution in [0.3, 0.4) is 0 Å². The van der Waals surface area contributed by atoms with Gasteiger partial charge in [0.1, 0.15) is 12.1 Å². The van der Waals surface area contributed by atoms with E-state index in [1.807, 2.05) is 12.1 Å². The zero-order chi connectivity index (χ0) is 21.9. The molecule has 2 aromatic carbocycles. The van der Waals surface area contributed by atoms with Gasteiger partial charge in [-0.05, 0) is 61.2 Å². The molecule has 32 heavy (non-hydrogen) atoms. The van der Waals surface area contributed by atoms with Crippen molar-refractivity contribution in [2.75, 3.05) is 25.1 Å². The molecule has 0 atom stereocenters. The minimum absolute atomic E-state index is 0.604. The predicted molar refractivity (Wildman–Crippen MR) is 129 cm³/mol. The van der Waals surface area contributed by atoms with E-state index in [1.54, 1.807) is 6.33 Å². The number of nitrogens with zero attached hydrogens (tertiary/aromatic N) is 4. The lowest BCUT2D eigenvalue weighted by Gasteiger charge is -2.40. The Bertz CT molecular complexity index is 1080. The van der Waals surface area contributed by atoms with Crippen molar-refractivity contribution >= 4 is 17.4 Å². The van der Waals surface area contributed by atoms with Gasteiger partial charge in [-0.1, -0.05) is 48.0 Å². The lowest BCUT2D eigenvalue weighted by atomic mass is 9.96. The van der Waals surface area contributed by atoms with Gasteiger partial charge in [0, 0.05) is 36.3 Å². The van der Waals surface area contributed by atoms with Crippen LogP contribution in [0.4, 0.5) is 5.82 Å². The van der Waals surface area contributed by atoms with Gasteiger partial charge in [-0.2, -0.15) is 0 Å². The highest BCUT2D eigenvalue weighted by molar-refractivity contribution is 6.30. The molecule has 2 aliphatic rings. The Balaban J connectivity index is 1.22. The first-order chi connectivity index (χ1) is 15.7. The number of halogens is 1. The van der Waals surface area contributed by atoms with E-state index in [-0.39, 0.29) is 0 Å². The summed E-state index contributed by atoms with van der Waals surface area (Å²) < 4.78 is 0. The molecular weight excluding hydrogens is 420 g/mol. The van der Waals surface area contributed by atoms with E-state index < -0.39 is 0 Å². The van der Waals surface area contributed by atoms with Crippen molar-refractivity contribution in [3.8, 4) is 11.1 Å². The monoisotopic (exact) mass is 448 g/mol. The van der Waals surface area contributed by atoms with Crippen LogP contribution in [0.5, 0.6) is 0 Å². The molecule has 0 spiro atoms. The minimum Gasteiger partial charge on any atom is -0.308 e. The highest BCUT2D eigenvalue weighted by Gasteiger charge is 2.29. The summed E-state index contributed by atoms with van der Waals surface area (Å²) in [5, 5.41) is 0.779. The Hall–Kier alpha value is -2.51. The molecule has 3 heterocycles. The van der Waals surface area contributed by atoms with Gasteiger partial charge in [-0.15, -0.1) is 0 Å². The number of rotatable bonds is 5. The van der Waals surface area contributed by atoms with Gasteiger partial charge in [0.2, 0.25) is 0 Å². The van der Waals surface area contributed by atoms with Gasteiger partial charge in [-0.25, -0.2) is 15.8 Å². The number of hydrazine groups is 1. The summed E-state index contributed by atoms with van der Waals surface area (Å²) >= 11 is 6.24. The van der Waals surface area contributed by atoms with E-state index in [4.69, 9.17) is 17.4 Å². The molecule has 3 N–H and O–H groups in total. The number of nitrogens with two attached hydrogens (primary N) is 1. The first kappa shape index (κ1) is 21.3. The largest absolute Gasteiger partial charge is 0.308 e. The molecule has 5 rings (SSSR count). The molecule has 0 amide bonds. The van der Waals surface area contributed by atoms with Gasteiger partial charge < -0.3 is 5.43 Å². The quantitative estimate of drug-likeness (QED) is 0.452. The Kier molecular flexibility index (Phi) is 6.37. The lowest BCUT2D eigenvalue weighted by molar-refractivity contribution is 0.0937. The average Bonchev–Trinajstić information content (AvgIpc) is 2.84. The Morgan fingerprint density at radius 3 is 2.69 bits per heavy atom. The second kappa shape index (κ2) is 9.55. The molecule has 1 fully saturated rings. The van der Waals surface area contributed by atoms with Crippen LogP contribution >= 0.6 is 11.6 Å². The van der Waals surface area contributed by atoms with Crippen molar-refractivity contribution in [2.24, 2.45) is 5.84 Å². The molecule has 1 aromatic heterocycles. The number of hydrogen-bond donors (Lipinski definition) is 2. The number of piperidine rings is 1. The van der Waals surface area contributed by atoms with Crippen molar-refractivity contribution in [3.05, 3.63) is 76.7 Å². The van der Waals surface area contributed by atoms with Crippen LogP contribution in [-0.4, -0.2) is 45.4 Å². The summed E-state index contributed by atoms with van der Waals surface area (Å²) in [7, 11) is 0. The van der Waals surface area contributed by atoms with Gasteiger partial charge in [0.15, 0.2) is 0 Å². The van der Waals surface area contributed by atoms with E-state index in [9.17, 15) is 0 Å². The summed E-state index contributed by atoms with van der Waals surface area (Å²) in [6.45, 7) is 5.11. The zero-order valence-corrected chi connectivity index (χ0v) is 18.9. The average molecular weight is 449 g/mol. The predicted octanol–water partition coefficient (Wildman–Crippen LogP) is 4.11. The Morgan fingerprint density at radius 2 is 1.88 bits per heavy atom. The van der Waals surface area contributed by atoms with Gasteiger partial charge in [0.25, 0.3) is 0 Å². The van der Waals surface area contributed by atoms with Crippen LogP contribution in [0.2, 0.25) is 5.02 Å². The molecule has 2 aliphatic heterocycles. The summed E-state index contributed by atoms with van der Waals surface area (Å²) in [4.78, 5) is 13.9. The maximum absolute atomic E-state index is 6.24. The van der Waals surface area contributed by atoms with Crippen LogP contribution in [0, 0.1) is 0 Å². The van der Waals surface area contributed by atoms with Crippen molar-refractivity contribution < 1.29 is 0 Å². The van der Waals surface area contributed by atoms with Gasteiger partial charge in [-0.3, -0.25) is 9.80 Å². The molecule has 0 unspecified atom stereocenters. The third kappa shape index (κ3) is 4.50. The number of anilines is 1. The van der Waals surface area contributed by atoms with Crippen LogP contribution < -0.4 is 11.3 Å². The molecule has 1 saturated heterocycles. The first-order valence-electron chi connectivity index (χ1n) is 11.3. The number of fused-ring (bicyclic) bond motifs is 1. The smallest absolute Gasteiger partial charge is 0.146 e. The fourth-order valence-electron chi connectivity index (χ4n) is 5.09. The fourth-order valence-corrected chi connectivity index (χ4v) is 5.28. The standard InChI is InChI=1S/C25H29ClN6/c26-20-6-3-5-18(14-20)22-7-2-1-4-19(22)15-31-11-8-21(9-12-31)32-13-10-23-24(16-32)28-17-29-25(23)30-27/h1-7,14,17,21H,8-13,15-16,27H2,(H,28,29,30). The van der Waals surface area contributed by atoms with E-state index >= 15 is 0 Å². The lowest BCUT2D eigenvalue weighted by Crippen LogP contribution is -2.46. The molecule has 0 saturated carbocycles. The van der Waals surface area contributed by atoms with E-state index in [2.05, 4.69) is 61.6 Å². The van der Waals surface area contributed by atoms with Gasteiger partial charge >= 0.3 is 0 Å². The summed E-state index contributed by atoms with van der Waals surface area (Å²) in [6.07, 6.45) is 4.92. The fraction of sp³-hybridized carbons (Fsp3) is 0.360. The van der Waals surface area contributed by atoms with E-state index in [1.165, 1.54) is 35.1 Å². The number of aromatic nitrogens is 2. The summed E-state index contributed by atoms with van der Waals surface area (Å²) in [6, 6.07) is 17.4. The third-order valence-corrected chi connectivity index (χ3v) is 7.03. The Morgan fingerprint density at radius 1 is 1.03 bits per heavy atom. The number of nitrogens with one attached hydrogen (secondary N) is 1. The van der Waals surface area contributed by atoms with Crippen molar-refractivity contribution in [1.82, 2.24) is 19.8 Å². The zero-order valence-electron chi connectivity index (χ0n) is 18.2. The topological polar surface area (TPSA) is 70.3 Å². The maximum atomic E-state index is 6.24. The molecule has 0 bridgehead atoms.